The van der Waals surface area contributed by atoms with Crippen LogP contribution in [0.5, 0.6) is 0 Å². The minimum Gasteiger partial charge on any atom is -0.313 e. The van der Waals surface area contributed by atoms with E-state index in [1.54, 1.807) is 23.5 Å². The number of nitrogens with zero attached hydrogens (tertiary/aromatic N) is 1. The molecule has 0 bridgehead atoms. The largest absolute Gasteiger partial charge is 0.365 e. The summed E-state index contributed by atoms with van der Waals surface area (Å²) in [6.07, 6.45) is 0. The minimum absolute atomic E-state index is 0.445. The molecule has 1 aromatic heterocycles. The zero-order valence-corrected chi connectivity index (χ0v) is 13.2. The topological polar surface area (TPSA) is 38.7 Å². The molecule has 0 aliphatic rings. The van der Waals surface area contributed by atoms with Gasteiger partial charge in [0.1, 0.15) is 0 Å². The zero-order valence-electron chi connectivity index (χ0n) is 12.4. The zero-order chi connectivity index (χ0) is 15.5. The van der Waals surface area contributed by atoms with Crippen molar-refractivity contribution >= 4 is 33.1 Å². The van der Waals surface area contributed by atoms with Gasteiger partial charge in [0, 0.05) is 21.0 Å². The predicted molar refractivity (Wildman–Crippen MR) is 90.6 cm³/mol. The van der Waals surface area contributed by atoms with Crippen LogP contribution >= 0.6 is 11.3 Å². The van der Waals surface area contributed by atoms with Gasteiger partial charge >= 0.3 is 5.97 Å². The molecule has 0 saturated carbocycles. The van der Waals surface area contributed by atoms with Crippen LogP contribution < -0.4 is 0 Å². The van der Waals surface area contributed by atoms with Crippen LogP contribution in [0.15, 0.2) is 59.1 Å². The van der Waals surface area contributed by atoms with Crippen molar-refractivity contribution in [2.24, 2.45) is 5.16 Å². The van der Waals surface area contributed by atoms with E-state index >= 15 is 0 Å². The molecule has 0 spiro atoms. The van der Waals surface area contributed by atoms with E-state index in [0.29, 0.717) is 11.3 Å². The van der Waals surface area contributed by atoms with Gasteiger partial charge in [-0.3, -0.25) is 0 Å². The summed E-state index contributed by atoms with van der Waals surface area (Å²) in [6, 6.07) is 15.3. The Kier molecular flexibility index (Phi) is 4.02. The molecule has 4 heteroatoms. The van der Waals surface area contributed by atoms with Gasteiger partial charge in [-0.15, -0.1) is 11.3 Å². The standard InChI is InChI=1S/C18H15NO2S/c1-12-7-9-14(10-8-12)18(20)21-19-13(2)16-11-22-17-6-4-3-5-15(16)17/h3-11H,1-2H3. The number of carbonyl (C=O) groups is 1. The van der Waals surface area contributed by atoms with Gasteiger partial charge in [0.25, 0.3) is 0 Å². The Morgan fingerprint density at radius 2 is 1.82 bits per heavy atom. The van der Waals surface area contributed by atoms with E-state index in [1.165, 1.54) is 4.70 Å². The van der Waals surface area contributed by atoms with Gasteiger partial charge in [0.05, 0.1) is 11.3 Å². The summed E-state index contributed by atoms with van der Waals surface area (Å²) < 4.78 is 1.19. The van der Waals surface area contributed by atoms with Crippen molar-refractivity contribution in [2.75, 3.05) is 0 Å². The maximum Gasteiger partial charge on any atom is 0.365 e. The molecule has 0 N–H and O–H groups in total. The van der Waals surface area contributed by atoms with E-state index in [-0.39, 0.29) is 0 Å². The molecule has 1 heterocycles. The number of thiophene rings is 1. The van der Waals surface area contributed by atoms with Crippen molar-refractivity contribution in [3.8, 4) is 0 Å². The molecule has 3 nitrogen and oxygen atoms in total. The smallest absolute Gasteiger partial charge is 0.313 e. The highest BCUT2D eigenvalue weighted by atomic mass is 32.1. The van der Waals surface area contributed by atoms with Crippen molar-refractivity contribution in [1.29, 1.82) is 0 Å². The lowest BCUT2D eigenvalue weighted by molar-refractivity contribution is 0.0516. The van der Waals surface area contributed by atoms with Crippen molar-refractivity contribution in [3.63, 3.8) is 0 Å². The number of fused-ring (bicyclic) bond motifs is 1. The summed E-state index contributed by atoms with van der Waals surface area (Å²) in [6.45, 7) is 3.82. The van der Waals surface area contributed by atoms with Gasteiger partial charge in [-0.25, -0.2) is 4.79 Å². The van der Waals surface area contributed by atoms with E-state index in [4.69, 9.17) is 4.84 Å². The second-order valence-electron chi connectivity index (χ2n) is 5.07. The number of hydrogen-bond acceptors (Lipinski definition) is 4. The van der Waals surface area contributed by atoms with Crippen LogP contribution in [-0.4, -0.2) is 11.7 Å². The summed E-state index contributed by atoms with van der Waals surface area (Å²) in [5.41, 5.74) is 3.29. The molecule has 0 unspecified atom stereocenters. The molecule has 0 fully saturated rings. The molecule has 110 valence electrons. The van der Waals surface area contributed by atoms with Crippen molar-refractivity contribution in [2.45, 2.75) is 13.8 Å². The lowest BCUT2D eigenvalue weighted by Crippen LogP contribution is -2.03. The van der Waals surface area contributed by atoms with E-state index in [1.807, 2.05) is 49.6 Å². The van der Waals surface area contributed by atoms with E-state index in [9.17, 15) is 4.79 Å². The van der Waals surface area contributed by atoms with E-state index in [2.05, 4.69) is 11.2 Å². The number of oxime groups is 1. The first kappa shape index (κ1) is 14.5. The van der Waals surface area contributed by atoms with Crippen LogP contribution in [0, 0.1) is 6.92 Å². The number of hydrogen-bond donors (Lipinski definition) is 0. The Morgan fingerprint density at radius 3 is 2.59 bits per heavy atom. The van der Waals surface area contributed by atoms with Crippen LogP contribution in [-0.2, 0) is 4.84 Å². The lowest BCUT2D eigenvalue weighted by atomic mass is 10.1. The first-order valence-corrected chi connectivity index (χ1v) is 7.82. The first-order chi connectivity index (χ1) is 10.6. The summed E-state index contributed by atoms with van der Waals surface area (Å²) >= 11 is 1.65. The van der Waals surface area contributed by atoms with Crippen molar-refractivity contribution < 1.29 is 9.63 Å². The van der Waals surface area contributed by atoms with Gasteiger partial charge in [0.2, 0.25) is 0 Å². The molecule has 0 radical (unpaired) electrons. The summed E-state index contributed by atoms with van der Waals surface area (Å²) in [4.78, 5) is 17.0. The SMILES string of the molecule is CC(=NOC(=O)c1ccc(C)cc1)c1csc2ccccc12. The van der Waals surface area contributed by atoms with Gasteiger partial charge in [-0.2, -0.15) is 0 Å². The van der Waals surface area contributed by atoms with Crippen molar-refractivity contribution in [1.82, 2.24) is 0 Å². The van der Waals surface area contributed by atoms with Crippen molar-refractivity contribution in [3.05, 3.63) is 70.6 Å². The lowest BCUT2D eigenvalue weighted by Gasteiger charge is -2.01. The Labute approximate surface area is 132 Å². The molecule has 22 heavy (non-hydrogen) atoms. The minimum atomic E-state index is -0.445. The molecule has 0 saturated heterocycles. The summed E-state index contributed by atoms with van der Waals surface area (Å²) in [7, 11) is 0. The molecule has 3 aromatic rings. The predicted octanol–water partition coefficient (Wildman–Crippen LogP) is 4.79. The second-order valence-corrected chi connectivity index (χ2v) is 5.98. The van der Waals surface area contributed by atoms with Crippen LogP contribution in [0.1, 0.15) is 28.4 Å². The number of rotatable bonds is 3. The maximum absolute atomic E-state index is 12.0. The van der Waals surface area contributed by atoms with Gasteiger partial charge in [-0.1, -0.05) is 41.1 Å². The van der Waals surface area contributed by atoms with Gasteiger partial charge in [0.15, 0.2) is 0 Å². The van der Waals surface area contributed by atoms with Crippen LogP contribution in [0.3, 0.4) is 0 Å². The van der Waals surface area contributed by atoms with E-state index in [0.717, 1.165) is 16.5 Å². The fourth-order valence-electron chi connectivity index (χ4n) is 2.16. The van der Waals surface area contributed by atoms with E-state index < -0.39 is 5.97 Å². The Bertz CT molecular complexity index is 847. The Morgan fingerprint density at radius 1 is 1.09 bits per heavy atom. The highest BCUT2D eigenvalue weighted by Gasteiger charge is 2.09. The number of aryl methyl sites for hydroxylation is 1. The molecule has 0 aliphatic heterocycles. The average Bonchev–Trinajstić information content (AvgIpc) is 2.97. The van der Waals surface area contributed by atoms with Crippen LogP contribution in [0.25, 0.3) is 10.1 Å². The molecular weight excluding hydrogens is 294 g/mol. The molecule has 3 rings (SSSR count). The fraction of sp³-hybridized carbons (Fsp3) is 0.111. The number of carbonyl (C=O) groups excluding carboxylic acids is 1. The normalized spacial score (nSPS) is 11.6. The molecule has 0 atom stereocenters. The molecule has 0 amide bonds. The first-order valence-electron chi connectivity index (χ1n) is 6.94. The fourth-order valence-corrected chi connectivity index (χ4v) is 3.16. The Hall–Kier alpha value is -2.46. The highest BCUT2D eigenvalue weighted by molar-refractivity contribution is 7.17. The van der Waals surface area contributed by atoms with Gasteiger partial charge in [-0.05, 0) is 32.0 Å². The highest BCUT2D eigenvalue weighted by Crippen LogP contribution is 2.26. The van der Waals surface area contributed by atoms with Crippen LogP contribution in [0.2, 0.25) is 0 Å². The average molecular weight is 309 g/mol. The van der Waals surface area contributed by atoms with Crippen LogP contribution in [0.4, 0.5) is 0 Å². The third-order valence-corrected chi connectivity index (χ3v) is 4.39. The molecular formula is C18H15NO2S. The Balaban J connectivity index is 1.80. The van der Waals surface area contributed by atoms with Gasteiger partial charge < -0.3 is 4.84 Å². The molecule has 2 aromatic carbocycles. The summed E-state index contributed by atoms with van der Waals surface area (Å²) in [5.74, 6) is -0.445. The quantitative estimate of drug-likeness (QED) is 0.396. The summed E-state index contributed by atoms with van der Waals surface area (Å²) in [5, 5.41) is 7.15. The molecule has 0 aliphatic carbocycles. The monoisotopic (exact) mass is 309 g/mol. The second kappa shape index (κ2) is 6.12. The maximum atomic E-state index is 12.0. The third kappa shape index (κ3) is 2.92. The third-order valence-electron chi connectivity index (χ3n) is 3.42. The number of benzene rings is 2.